The van der Waals surface area contributed by atoms with Crippen LogP contribution in [0.2, 0.25) is 0 Å². The average Bonchev–Trinajstić information content (AvgIpc) is 2.63. The van der Waals surface area contributed by atoms with E-state index in [1.165, 1.54) is 6.20 Å². The minimum atomic E-state index is -0.826. The maximum absolute atomic E-state index is 13.3. The van der Waals surface area contributed by atoms with Gasteiger partial charge in [0.25, 0.3) is 5.95 Å². The number of aryl methyl sites for hydroxylation is 1. The van der Waals surface area contributed by atoms with Gasteiger partial charge in [0.2, 0.25) is 0 Å². The Hall–Kier alpha value is -1.23. The molecule has 1 fully saturated rings. The summed E-state index contributed by atoms with van der Waals surface area (Å²) in [6, 6.07) is 1.63. The first-order chi connectivity index (χ1) is 7.66. The lowest BCUT2D eigenvalue weighted by Crippen LogP contribution is -2.28. The van der Waals surface area contributed by atoms with Crippen molar-refractivity contribution in [3.63, 3.8) is 0 Å². The fourth-order valence-electron chi connectivity index (χ4n) is 1.77. The molecular weight excluding hydrogens is 214 g/mol. The van der Waals surface area contributed by atoms with E-state index in [0.717, 1.165) is 0 Å². The van der Waals surface area contributed by atoms with Crippen molar-refractivity contribution in [3.8, 4) is 5.75 Å². The molecule has 0 amide bonds. The summed E-state index contributed by atoms with van der Waals surface area (Å²) in [6.07, 6.45) is 0.984. The summed E-state index contributed by atoms with van der Waals surface area (Å²) < 4.78 is 31.5. The number of rotatable bonds is 3. The zero-order valence-corrected chi connectivity index (χ0v) is 9.04. The Balaban J connectivity index is 1.94. The second kappa shape index (κ2) is 4.74. The van der Waals surface area contributed by atoms with E-state index in [9.17, 15) is 8.78 Å². The summed E-state index contributed by atoms with van der Waals surface area (Å²) >= 11 is 0. The molecule has 0 aromatic carbocycles. The predicted octanol–water partition coefficient (Wildman–Crippen LogP) is 1.61. The van der Waals surface area contributed by atoms with Crippen LogP contribution in [0.1, 0.15) is 12.0 Å². The normalized spacial score (nSPS) is 24.7. The van der Waals surface area contributed by atoms with Crippen LogP contribution in [0.4, 0.5) is 8.78 Å². The molecule has 5 heteroatoms. The smallest absolute Gasteiger partial charge is 0.255 e. The van der Waals surface area contributed by atoms with E-state index >= 15 is 0 Å². The molecule has 0 bridgehead atoms. The molecule has 2 heterocycles. The first-order valence-corrected chi connectivity index (χ1v) is 5.28. The lowest BCUT2D eigenvalue weighted by Gasteiger charge is -2.13. The fraction of sp³-hybridized carbons (Fsp3) is 0.545. The monoisotopic (exact) mass is 228 g/mol. The van der Waals surface area contributed by atoms with E-state index < -0.39 is 12.1 Å². The number of aromatic nitrogens is 1. The maximum atomic E-state index is 13.3. The van der Waals surface area contributed by atoms with Gasteiger partial charge in [-0.25, -0.2) is 9.37 Å². The van der Waals surface area contributed by atoms with Gasteiger partial charge in [0.15, 0.2) is 5.75 Å². The molecule has 0 aliphatic carbocycles. The Morgan fingerprint density at radius 3 is 3.06 bits per heavy atom. The van der Waals surface area contributed by atoms with Crippen molar-refractivity contribution in [1.82, 2.24) is 10.3 Å². The van der Waals surface area contributed by atoms with Crippen LogP contribution in [0, 0.1) is 12.9 Å². The van der Waals surface area contributed by atoms with Crippen LogP contribution in [0.5, 0.6) is 5.75 Å². The standard InChI is InChI=1S/C11H14F2N2O/c1-7-2-3-14-11(13)10(7)16-6-9-4-8(12)5-15-9/h2-3,8-9,15H,4-6H2,1H3. The van der Waals surface area contributed by atoms with Crippen LogP contribution in [-0.2, 0) is 0 Å². The molecular formula is C11H14F2N2O. The van der Waals surface area contributed by atoms with E-state index in [2.05, 4.69) is 10.3 Å². The molecule has 2 rings (SSSR count). The highest BCUT2D eigenvalue weighted by Gasteiger charge is 2.24. The second-order valence-electron chi connectivity index (χ2n) is 4.00. The minimum Gasteiger partial charge on any atom is -0.487 e. The summed E-state index contributed by atoms with van der Waals surface area (Å²) in [5.74, 6) is -0.457. The van der Waals surface area contributed by atoms with Gasteiger partial charge in [-0.3, -0.25) is 0 Å². The third kappa shape index (κ3) is 2.47. The Morgan fingerprint density at radius 1 is 1.62 bits per heavy atom. The van der Waals surface area contributed by atoms with Crippen LogP contribution in [0.15, 0.2) is 12.3 Å². The molecule has 1 saturated heterocycles. The molecule has 1 aromatic rings. The van der Waals surface area contributed by atoms with Crippen molar-refractivity contribution in [2.24, 2.45) is 0 Å². The third-order valence-corrected chi connectivity index (χ3v) is 2.66. The zero-order valence-electron chi connectivity index (χ0n) is 9.04. The largest absolute Gasteiger partial charge is 0.487 e. The van der Waals surface area contributed by atoms with Crippen molar-refractivity contribution in [1.29, 1.82) is 0 Å². The van der Waals surface area contributed by atoms with Gasteiger partial charge in [-0.2, -0.15) is 4.39 Å². The highest BCUT2D eigenvalue weighted by atomic mass is 19.1. The van der Waals surface area contributed by atoms with Crippen molar-refractivity contribution in [2.75, 3.05) is 13.2 Å². The van der Waals surface area contributed by atoms with Crippen molar-refractivity contribution in [2.45, 2.75) is 25.6 Å². The van der Waals surface area contributed by atoms with Gasteiger partial charge >= 0.3 is 0 Å². The topological polar surface area (TPSA) is 34.1 Å². The molecule has 0 spiro atoms. The van der Waals surface area contributed by atoms with Crippen molar-refractivity contribution < 1.29 is 13.5 Å². The Bertz CT molecular complexity index is 353. The van der Waals surface area contributed by atoms with Crippen LogP contribution in [-0.4, -0.2) is 30.3 Å². The SMILES string of the molecule is Cc1ccnc(F)c1OCC1CC(F)CN1. The first kappa shape index (κ1) is 11.3. The van der Waals surface area contributed by atoms with Gasteiger partial charge in [-0.1, -0.05) is 0 Å². The number of hydrogen-bond acceptors (Lipinski definition) is 3. The zero-order chi connectivity index (χ0) is 11.5. The molecule has 0 saturated carbocycles. The molecule has 1 aliphatic heterocycles. The number of nitrogens with one attached hydrogen (secondary N) is 1. The Morgan fingerprint density at radius 2 is 2.44 bits per heavy atom. The van der Waals surface area contributed by atoms with Crippen molar-refractivity contribution >= 4 is 0 Å². The Labute approximate surface area is 92.8 Å². The number of ether oxygens (including phenoxy) is 1. The number of alkyl halides is 1. The van der Waals surface area contributed by atoms with Gasteiger partial charge < -0.3 is 10.1 Å². The van der Waals surface area contributed by atoms with Crippen LogP contribution < -0.4 is 10.1 Å². The van der Waals surface area contributed by atoms with Crippen molar-refractivity contribution in [3.05, 3.63) is 23.8 Å². The summed E-state index contributed by atoms with van der Waals surface area (Å²) in [5, 5.41) is 2.97. The van der Waals surface area contributed by atoms with E-state index in [0.29, 0.717) is 18.5 Å². The van der Waals surface area contributed by atoms with Gasteiger partial charge in [0, 0.05) is 18.8 Å². The lowest BCUT2D eigenvalue weighted by atomic mass is 10.2. The van der Waals surface area contributed by atoms with Gasteiger partial charge in [-0.05, 0) is 25.0 Å². The molecule has 1 aromatic heterocycles. The maximum Gasteiger partial charge on any atom is 0.255 e. The van der Waals surface area contributed by atoms with Crippen LogP contribution >= 0.6 is 0 Å². The molecule has 88 valence electrons. The molecule has 1 N–H and O–H groups in total. The van der Waals surface area contributed by atoms with Gasteiger partial charge in [0.1, 0.15) is 12.8 Å². The second-order valence-corrected chi connectivity index (χ2v) is 4.00. The van der Waals surface area contributed by atoms with Crippen LogP contribution in [0.3, 0.4) is 0 Å². The summed E-state index contributed by atoms with van der Waals surface area (Å²) in [7, 11) is 0. The highest BCUT2D eigenvalue weighted by molar-refractivity contribution is 5.29. The van der Waals surface area contributed by atoms with E-state index in [1.54, 1.807) is 13.0 Å². The highest BCUT2D eigenvalue weighted by Crippen LogP contribution is 2.20. The summed E-state index contributed by atoms with van der Waals surface area (Å²) in [4.78, 5) is 3.51. The lowest BCUT2D eigenvalue weighted by molar-refractivity contribution is 0.253. The molecule has 3 nitrogen and oxygen atoms in total. The van der Waals surface area contributed by atoms with E-state index in [-0.39, 0.29) is 18.4 Å². The van der Waals surface area contributed by atoms with Gasteiger partial charge in [-0.15, -0.1) is 0 Å². The number of pyridine rings is 1. The predicted molar refractivity (Wildman–Crippen MR) is 55.7 cm³/mol. The molecule has 0 radical (unpaired) electrons. The number of nitrogens with zero attached hydrogens (tertiary/aromatic N) is 1. The number of halogens is 2. The molecule has 1 aliphatic rings. The van der Waals surface area contributed by atoms with Crippen LogP contribution in [0.25, 0.3) is 0 Å². The van der Waals surface area contributed by atoms with E-state index in [1.807, 2.05) is 0 Å². The quantitative estimate of drug-likeness (QED) is 0.798. The molecule has 2 unspecified atom stereocenters. The molecule has 16 heavy (non-hydrogen) atoms. The van der Waals surface area contributed by atoms with Gasteiger partial charge in [0.05, 0.1) is 0 Å². The first-order valence-electron chi connectivity index (χ1n) is 5.28. The molecule has 2 atom stereocenters. The number of hydrogen-bond donors (Lipinski definition) is 1. The Kier molecular flexibility index (Phi) is 3.33. The summed E-state index contributed by atoms with van der Waals surface area (Å²) in [6.45, 7) is 2.37. The van der Waals surface area contributed by atoms with E-state index in [4.69, 9.17) is 4.74 Å². The fourth-order valence-corrected chi connectivity index (χ4v) is 1.77. The minimum absolute atomic E-state index is 0.0472. The third-order valence-electron chi connectivity index (χ3n) is 2.66. The average molecular weight is 228 g/mol. The summed E-state index contributed by atoms with van der Waals surface area (Å²) in [5.41, 5.74) is 0.697.